The van der Waals surface area contributed by atoms with E-state index in [1.54, 1.807) is 18.4 Å². The zero-order valence-electron chi connectivity index (χ0n) is 8.07. The first-order chi connectivity index (χ1) is 7.06. The molecule has 0 saturated heterocycles. The summed E-state index contributed by atoms with van der Waals surface area (Å²) in [4.78, 5) is 24.2. The summed E-state index contributed by atoms with van der Waals surface area (Å²) in [7, 11) is 0. The van der Waals surface area contributed by atoms with Crippen molar-refractivity contribution in [1.29, 1.82) is 0 Å². The molecule has 1 aromatic heterocycles. The van der Waals surface area contributed by atoms with E-state index in [4.69, 9.17) is 5.11 Å². The molecule has 15 heavy (non-hydrogen) atoms. The maximum atomic E-state index is 11.8. The third kappa shape index (κ3) is 3.04. The van der Waals surface area contributed by atoms with E-state index in [0.29, 0.717) is 15.9 Å². The maximum Gasteiger partial charge on any atom is 0.323 e. The van der Waals surface area contributed by atoms with Gasteiger partial charge < -0.3 is 10.0 Å². The Morgan fingerprint density at radius 3 is 2.67 bits per heavy atom. The smallest absolute Gasteiger partial charge is 0.323 e. The Morgan fingerprint density at radius 1 is 1.60 bits per heavy atom. The number of aliphatic carboxylic acids is 1. The van der Waals surface area contributed by atoms with Crippen LogP contribution in [0.2, 0.25) is 0 Å². The largest absolute Gasteiger partial charge is 0.480 e. The van der Waals surface area contributed by atoms with E-state index in [9.17, 15) is 9.59 Å². The first-order valence-electron chi connectivity index (χ1n) is 4.30. The predicted molar refractivity (Wildman–Crippen MR) is 61.2 cm³/mol. The van der Waals surface area contributed by atoms with Crippen molar-refractivity contribution in [3.05, 3.63) is 20.8 Å². The van der Waals surface area contributed by atoms with Gasteiger partial charge in [-0.2, -0.15) is 0 Å². The van der Waals surface area contributed by atoms with Gasteiger partial charge >= 0.3 is 5.97 Å². The van der Waals surface area contributed by atoms with Gasteiger partial charge in [0.25, 0.3) is 5.91 Å². The van der Waals surface area contributed by atoms with Gasteiger partial charge in [0.2, 0.25) is 0 Å². The number of carboxylic acids is 1. The number of hydrogen-bond donors (Lipinski definition) is 1. The normalized spacial score (nSPS) is 10.0. The highest BCUT2D eigenvalue weighted by molar-refractivity contribution is 9.10. The van der Waals surface area contributed by atoms with E-state index in [2.05, 4.69) is 15.9 Å². The first kappa shape index (κ1) is 12.2. The molecular weight excluding hydrogens is 282 g/mol. The molecule has 4 nitrogen and oxygen atoms in total. The second-order valence-corrected chi connectivity index (χ2v) is 4.58. The minimum absolute atomic E-state index is 0.248. The molecule has 0 aromatic carbocycles. The van der Waals surface area contributed by atoms with Crippen molar-refractivity contribution in [2.24, 2.45) is 0 Å². The molecule has 0 aliphatic carbocycles. The first-order valence-corrected chi connectivity index (χ1v) is 5.97. The topological polar surface area (TPSA) is 57.6 Å². The van der Waals surface area contributed by atoms with Gasteiger partial charge in [-0.05, 0) is 34.3 Å². The van der Waals surface area contributed by atoms with Gasteiger partial charge in [-0.1, -0.05) is 0 Å². The molecule has 0 spiro atoms. The van der Waals surface area contributed by atoms with Crippen LogP contribution in [0.1, 0.15) is 16.6 Å². The molecule has 1 aromatic rings. The van der Waals surface area contributed by atoms with Crippen LogP contribution in [-0.2, 0) is 4.79 Å². The number of carboxylic acid groups (broad SMARTS) is 1. The Bertz CT molecular complexity index is 377. The molecule has 0 atom stereocenters. The molecule has 6 heteroatoms. The summed E-state index contributed by atoms with van der Waals surface area (Å²) in [5.41, 5.74) is 0. The molecule has 0 bridgehead atoms. The number of carbonyl (C=O) groups is 2. The summed E-state index contributed by atoms with van der Waals surface area (Å²) in [6, 6.07) is 1.77. The minimum atomic E-state index is -1.00. The molecule has 0 saturated carbocycles. The van der Waals surface area contributed by atoms with Crippen LogP contribution in [0.25, 0.3) is 0 Å². The highest BCUT2D eigenvalue weighted by Crippen LogP contribution is 2.24. The van der Waals surface area contributed by atoms with E-state index in [1.165, 1.54) is 16.2 Å². The van der Waals surface area contributed by atoms with Gasteiger partial charge in [0.05, 0.1) is 0 Å². The van der Waals surface area contributed by atoms with Crippen molar-refractivity contribution < 1.29 is 14.7 Å². The van der Waals surface area contributed by atoms with Gasteiger partial charge in [-0.25, -0.2) is 0 Å². The van der Waals surface area contributed by atoms with Crippen LogP contribution in [0.3, 0.4) is 0 Å². The molecular formula is C9H10BrNO3S. The molecule has 1 N–H and O–H groups in total. The zero-order valence-corrected chi connectivity index (χ0v) is 10.5. The summed E-state index contributed by atoms with van der Waals surface area (Å²) >= 11 is 4.54. The lowest BCUT2D eigenvalue weighted by molar-refractivity contribution is -0.137. The molecule has 0 fully saturated rings. The molecule has 0 unspecified atom stereocenters. The Hall–Kier alpha value is -0.880. The summed E-state index contributed by atoms with van der Waals surface area (Å²) in [6.45, 7) is 1.87. The monoisotopic (exact) mass is 291 g/mol. The van der Waals surface area contributed by atoms with E-state index >= 15 is 0 Å². The van der Waals surface area contributed by atoms with Gasteiger partial charge in [-0.15, -0.1) is 11.3 Å². The average Bonchev–Trinajstić information content (AvgIpc) is 2.59. The predicted octanol–water partition coefficient (Wildman–Crippen LogP) is 2.06. The van der Waals surface area contributed by atoms with Crippen LogP contribution in [0.5, 0.6) is 0 Å². The van der Waals surface area contributed by atoms with E-state index < -0.39 is 5.97 Å². The van der Waals surface area contributed by atoms with Gasteiger partial charge in [0, 0.05) is 11.0 Å². The van der Waals surface area contributed by atoms with Crippen molar-refractivity contribution in [1.82, 2.24) is 4.90 Å². The number of thiophene rings is 1. The third-order valence-corrected chi connectivity index (χ3v) is 3.63. The highest BCUT2D eigenvalue weighted by Gasteiger charge is 2.19. The van der Waals surface area contributed by atoms with E-state index in [0.717, 1.165) is 0 Å². The molecule has 0 aliphatic heterocycles. The number of carbonyl (C=O) groups excluding carboxylic acids is 1. The Morgan fingerprint density at radius 2 is 2.27 bits per heavy atom. The second kappa shape index (κ2) is 5.27. The van der Waals surface area contributed by atoms with Crippen molar-refractivity contribution in [2.45, 2.75) is 6.92 Å². The molecule has 1 amide bonds. The van der Waals surface area contributed by atoms with Gasteiger partial charge in [0.15, 0.2) is 0 Å². The number of nitrogens with zero attached hydrogens (tertiary/aromatic N) is 1. The van der Waals surface area contributed by atoms with E-state index in [-0.39, 0.29) is 12.5 Å². The lowest BCUT2D eigenvalue weighted by atomic mass is 10.4. The zero-order chi connectivity index (χ0) is 11.4. The highest BCUT2D eigenvalue weighted by atomic mass is 79.9. The van der Waals surface area contributed by atoms with Crippen molar-refractivity contribution in [2.75, 3.05) is 13.1 Å². The van der Waals surface area contributed by atoms with Crippen molar-refractivity contribution in [3.8, 4) is 0 Å². The molecule has 82 valence electrons. The lowest BCUT2D eigenvalue weighted by Crippen LogP contribution is -2.35. The quantitative estimate of drug-likeness (QED) is 0.924. The fourth-order valence-electron chi connectivity index (χ4n) is 1.08. The third-order valence-electron chi connectivity index (χ3n) is 1.81. The van der Waals surface area contributed by atoms with Crippen LogP contribution < -0.4 is 0 Å². The Balaban J connectivity index is 2.82. The molecule has 1 rings (SSSR count). The summed E-state index contributed by atoms with van der Waals surface area (Å²) in [6.07, 6.45) is 0. The van der Waals surface area contributed by atoms with E-state index in [1.807, 2.05) is 0 Å². The Labute approximate surface area is 99.6 Å². The number of rotatable bonds is 4. The number of amides is 1. The van der Waals surface area contributed by atoms with Gasteiger partial charge in [0.1, 0.15) is 11.4 Å². The fraction of sp³-hybridized carbons (Fsp3) is 0.333. The molecule has 1 heterocycles. The number of halogens is 1. The van der Waals surface area contributed by atoms with Crippen LogP contribution in [0.15, 0.2) is 15.9 Å². The number of hydrogen-bond acceptors (Lipinski definition) is 3. The van der Waals surface area contributed by atoms with Crippen LogP contribution in [-0.4, -0.2) is 35.0 Å². The maximum absolute atomic E-state index is 11.8. The summed E-state index contributed by atoms with van der Waals surface area (Å²) in [5, 5.41) is 10.4. The van der Waals surface area contributed by atoms with Gasteiger partial charge in [-0.3, -0.25) is 9.59 Å². The molecule has 0 aliphatic rings. The van der Waals surface area contributed by atoms with Crippen LogP contribution in [0, 0.1) is 0 Å². The summed E-state index contributed by atoms with van der Waals surface area (Å²) < 4.78 is 0.710. The van der Waals surface area contributed by atoms with Crippen LogP contribution >= 0.6 is 27.3 Å². The Kier molecular flexibility index (Phi) is 4.28. The average molecular weight is 292 g/mol. The minimum Gasteiger partial charge on any atom is -0.480 e. The number of likely N-dealkylation sites (N-methyl/N-ethyl adjacent to an activating group) is 1. The molecule has 0 radical (unpaired) electrons. The summed E-state index contributed by atoms with van der Waals surface area (Å²) in [5.74, 6) is -1.25. The standard InChI is InChI=1S/C9H10BrNO3S/c1-2-11(5-7(12)13)9(14)8-6(10)3-4-15-8/h3-4H,2,5H2,1H3,(H,12,13). The fourth-order valence-corrected chi connectivity index (χ4v) is 2.59. The second-order valence-electron chi connectivity index (χ2n) is 2.81. The van der Waals surface area contributed by atoms with Crippen LogP contribution in [0.4, 0.5) is 0 Å². The SMILES string of the molecule is CCN(CC(=O)O)C(=O)c1sccc1Br. The van der Waals surface area contributed by atoms with Crippen molar-refractivity contribution in [3.63, 3.8) is 0 Å². The van der Waals surface area contributed by atoms with Crippen molar-refractivity contribution >= 4 is 39.1 Å². The lowest BCUT2D eigenvalue weighted by Gasteiger charge is -2.17.